The van der Waals surface area contributed by atoms with E-state index in [9.17, 15) is 19.5 Å². The van der Waals surface area contributed by atoms with Crippen molar-refractivity contribution in [1.29, 1.82) is 0 Å². The summed E-state index contributed by atoms with van der Waals surface area (Å²) in [6.45, 7) is 0. The van der Waals surface area contributed by atoms with E-state index in [1.807, 2.05) is 18.2 Å². The predicted molar refractivity (Wildman–Crippen MR) is 116 cm³/mol. The van der Waals surface area contributed by atoms with Gasteiger partial charge in [-0.05, 0) is 48.9 Å². The molecule has 2 aliphatic heterocycles. The minimum Gasteiger partial charge on any atom is -0.497 e. The summed E-state index contributed by atoms with van der Waals surface area (Å²) in [6, 6.07) is 5.72. The maximum Gasteiger partial charge on any atom is 0.341 e. The van der Waals surface area contributed by atoms with Crippen LogP contribution in [-0.4, -0.2) is 49.4 Å². The van der Waals surface area contributed by atoms with Gasteiger partial charge in [-0.3, -0.25) is 9.59 Å². The zero-order chi connectivity index (χ0) is 22.6. The highest BCUT2D eigenvalue weighted by Gasteiger charge is 2.55. The third kappa shape index (κ3) is 3.18. The van der Waals surface area contributed by atoms with E-state index in [4.69, 9.17) is 14.2 Å². The Hall–Kier alpha value is -2.91. The zero-order valence-electron chi connectivity index (χ0n) is 17.7. The molecule has 1 aromatic heterocycles. The summed E-state index contributed by atoms with van der Waals surface area (Å²) < 4.78 is 16.1. The number of aryl methyl sites for hydroxylation is 2. The Kier molecular flexibility index (Phi) is 5.17. The number of hydrogen-bond donors (Lipinski definition) is 2. The number of carboxylic acids is 1. The first-order valence-electron chi connectivity index (χ1n) is 10.5. The molecule has 8 nitrogen and oxygen atoms in total. The average Bonchev–Trinajstić information content (AvgIpc) is 3.50. The molecule has 2 saturated heterocycles. The topological polar surface area (TPSA) is 111 Å². The molecule has 3 heterocycles. The molecule has 0 saturated carbocycles. The lowest BCUT2D eigenvalue weighted by molar-refractivity contribution is -0.147. The second kappa shape index (κ2) is 7.90. The van der Waals surface area contributed by atoms with E-state index in [2.05, 4.69) is 5.32 Å². The molecule has 9 heteroatoms. The Morgan fingerprint density at radius 1 is 1.12 bits per heavy atom. The first-order chi connectivity index (χ1) is 15.4. The largest absolute Gasteiger partial charge is 0.497 e. The van der Waals surface area contributed by atoms with Gasteiger partial charge in [-0.15, -0.1) is 11.3 Å². The molecule has 5 rings (SSSR count). The first kappa shape index (κ1) is 21.0. The molecule has 1 amide bonds. The van der Waals surface area contributed by atoms with E-state index in [0.717, 1.165) is 40.2 Å². The molecule has 2 aromatic rings. The molecule has 3 aliphatic rings. The lowest BCUT2D eigenvalue weighted by Gasteiger charge is -2.23. The van der Waals surface area contributed by atoms with Gasteiger partial charge in [0.05, 0.1) is 38.3 Å². The Balaban J connectivity index is 1.53. The van der Waals surface area contributed by atoms with Crippen LogP contribution in [0.3, 0.4) is 0 Å². The number of fused-ring (bicyclic) bond motifs is 5. The standard InChI is InChI=1S/C23H23NO7S/c1-29-11-4-5-12-10(9-11)3-8-15-16(12)19(23(28)30-2)21(32-15)24-20(25)17-13-6-7-14(31-13)18(17)22(26)27/h4-5,9,13-14,17-18H,3,6-8H2,1-2H3,(H,24,25)(H,26,27)/t13-,14+,17+,18-/m0/s1. The number of anilines is 1. The van der Waals surface area contributed by atoms with Crippen LogP contribution in [0.5, 0.6) is 5.75 Å². The summed E-state index contributed by atoms with van der Waals surface area (Å²) in [5.41, 5.74) is 3.05. The quantitative estimate of drug-likeness (QED) is 0.664. The smallest absolute Gasteiger partial charge is 0.341 e. The van der Waals surface area contributed by atoms with Crippen molar-refractivity contribution in [3.05, 3.63) is 34.2 Å². The van der Waals surface area contributed by atoms with E-state index < -0.39 is 41.9 Å². The van der Waals surface area contributed by atoms with E-state index >= 15 is 0 Å². The van der Waals surface area contributed by atoms with Gasteiger partial charge in [0, 0.05) is 10.4 Å². The second-order valence-corrected chi connectivity index (χ2v) is 9.39. The molecule has 1 aliphatic carbocycles. The fourth-order valence-corrected chi connectivity index (χ4v) is 6.44. The number of aliphatic carboxylic acids is 1. The van der Waals surface area contributed by atoms with E-state index in [1.54, 1.807) is 7.11 Å². The van der Waals surface area contributed by atoms with Crippen LogP contribution in [0.1, 0.15) is 33.6 Å². The van der Waals surface area contributed by atoms with Crippen LogP contribution in [0, 0.1) is 11.8 Å². The number of benzene rings is 1. The van der Waals surface area contributed by atoms with Crippen molar-refractivity contribution >= 4 is 34.2 Å². The van der Waals surface area contributed by atoms with Crippen LogP contribution in [0.4, 0.5) is 5.00 Å². The lowest BCUT2D eigenvalue weighted by atomic mass is 9.78. The van der Waals surface area contributed by atoms with Crippen molar-refractivity contribution in [3.63, 3.8) is 0 Å². The SMILES string of the molecule is COC(=O)c1c(NC(=O)[C@H]2[C@@H](C(=O)O)[C@H]3CC[C@@H]2O3)sc2c1-c1ccc(OC)cc1CC2. The van der Waals surface area contributed by atoms with Gasteiger partial charge in [0.15, 0.2) is 0 Å². The normalized spacial score (nSPS) is 25.1. The maximum atomic E-state index is 13.2. The Labute approximate surface area is 188 Å². The molecule has 2 bridgehead atoms. The summed E-state index contributed by atoms with van der Waals surface area (Å²) in [5.74, 6) is -2.92. The minimum atomic E-state index is -1.03. The highest BCUT2D eigenvalue weighted by atomic mass is 32.1. The summed E-state index contributed by atoms with van der Waals surface area (Å²) in [4.78, 5) is 38.8. The van der Waals surface area contributed by atoms with Crippen molar-refractivity contribution in [2.75, 3.05) is 19.5 Å². The summed E-state index contributed by atoms with van der Waals surface area (Å²) in [7, 11) is 2.91. The number of nitrogens with one attached hydrogen (secondary N) is 1. The van der Waals surface area contributed by atoms with Gasteiger partial charge in [-0.25, -0.2) is 4.79 Å². The number of thiophene rings is 1. The second-order valence-electron chi connectivity index (χ2n) is 8.29. The van der Waals surface area contributed by atoms with Gasteiger partial charge in [0.1, 0.15) is 16.3 Å². The van der Waals surface area contributed by atoms with Crippen LogP contribution < -0.4 is 10.1 Å². The van der Waals surface area contributed by atoms with E-state index in [1.165, 1.54) is 18.4 Å². The van der Waals surface area contributed by atoms with Crippen LogP contribution in [0.25, 0.3) is 11.1 Å². The lowest BCUT2D eigenvalue weighted by Crippen LogP contribution is -2.41. The number of carbonyl (C=O) groups is 3. The minimum absolute atomic E-state index is 0.308. The summed E-state index contributed by atoms with van der Waals surface area (Å²) in [5, 5.41) is 12.9. The van der Waals surface area contributed by atoms with Crippen LogP contribution in [-0.2, 0) is 31.9 Å². The summed E-state index contributed by atoms with van der Waals surface area (Å²) >= 11 is 1.34. The fraction of sp³-hybridized carbons (Fsp3) is 0.435. The van der Waals surface area contributed by atoms with Crippen molar-refractivity contribution in [2.24, 2.45) is 11.8 Å². The predicted octanol–water partition coefficient (Wildman–Crippen LogP) is 3.13. The number of hydrogen-bond acceptors (Lipinski definition) is 7. The van der Waals surface area contributed by atoms with Gasteiger partial charge in [-0.2, -0.15) is 0 Å². The fourth-order valence-electron chi connectivity index (χ4n) is 5.24. The Morgan fingerprint density at radius 2 is 1.88 bits per heavy atom. The van der Waals surface area contributed by atoms with Crippen LogP contribution in [0.2, 0.25) is 0 Å². The van der Waals surface area contributed by atoms with Gasteiger partial charge in [0.2, 0.25) is 5.91 Å². The van der Waals surface area contributed by atoms with Gasteiger partial charge >= 0.3 is 11.9 Å². The Morgan fingerprint density at radius 3 is 2.56 bits per heavy atom. The number of amides is 1. The van der Waals surface area contributed by atoms with Crippen molar-refractivity contribution in [3.8, 4) is 16.9 Å². The Bertz CT molecular complexity index is 1120. The van der Waals surface area contributed by atoms with E-state index in [0.29, 0.717) is 23.4 Å². The molecule has 0 spiro atoms. The number of carbonyl (C=O) groups excluding carboxylic acids is 2. The molecular formula is C23H23NO7S. The molecule has 0 radical (unpaired) electrons. The van der Waals surface area contributed by atoms with Gasteiger partial charge in [0.25, 0.3) is 0 Å². The molecule has 1 aromatic carbocycles. The number of carboxylic acid groups (broad SMARTS) is 1. The molecule has 4 atom stereocenters. The highest BCUT2D eigenvalue weighted by Crippen LogP contribution is 2.48. The third-order valence-electron chi connectivity index (χ3n) is 6.67. The maximum absolute atomic E-state index is 13.2. The number of ether oxygens (including phenoxy) is 3. The highest BCUT2D eigenvalue weighted by molar-refractivity contribution is 7.17. The van der Waals surface area contributed by atoms with Crippen molar-refractivity contribution < 1.29 is 33.7 Å². The van der Waals surface area contributed by atoms with E-state index in [-0.39, 0.29) is 0 Å². The third-order valence-corrected chi connectivity index (χ3v) is 7.84. The zero-order valence-corrected chi connectivity index (χ0v) is 18.5. The average molecular weight is 458 g/mol. The van der Waals surface area contributed by atoms with Crippen LogP contribution >= 0.6 is 11.3 Å². The molecule has 2 fully saturated rings. The molecule has 2 N–H and O–H groups in total. The van der Waals surface area contributed by atoms with Crippen molar-refractivity contribution in [1.82, 2.24) is 0 Å². The molecule has 0 unspecified atom stereocenters. The molecular weight excluding hydrogens is 434 g/mol. The number of rotatable bonds is 5. The monoisotopic (exact) mass is 457 g/mol. The molecule has 32 heavy (non-hydrogen) atoms. The first-order valence-corrected chi connectivity index (χ1v) is 11.3. The summed E-state index contributed by atoms with van der Waals surface area (Å²) in [6.07, 6.45) is 1.96. The van der Waals surface area contributed by atoms with Crippen LogP contribution in [0.15, 0.2) is 18.2 Å². The van der Waals surface area contributed by atoms with Gasteiger partial charge < -0.3 is 24.6 Å². The van der Waals surface area contributed by atoms with Crippen molar-refractivity contribution in [2.45, 2.75) is 37.9 Å². The molecule has 168 valence electrons. The number of methoxy groups -OCH3 is 2. The van der Waals surface area contributed by atoms with Gasteiger partial charge in [-0.1, -0.05) is 6.07 Å². The number of esters is 1.